The largest absolute Gasteiger partial charge is 0.271 e. The molecule has 0 aliphatic heterocycles. The topological polar surface area (TPSA) is 38.0 Å². The number of hydrazine groups is 1. The Kier molecular flexibility index (Phi) is 4.27. The van der Waals surface area contributed by atoms with E-state index in [1.165, 1.54) is 29.7 Å². The Morgan fingerprint density at radius 1 is 1.38 bits per heavy atom. The molecule has 0 saturated heterocycles. The van der Waals surface area contributed by atoms with Crippen molar-refractivity contribution in [2.75, 3.05) is 5.75 Å². The highest BCUT2D eigenvalue weighted by Crippen LogP contribution is 2.37. The van der Waals surface area contributed by atoms with Crippen molar-refractivity contribution < 1.29 is 0 Å². The van der Waals surface area contributed by atoms with Crippen LogP contribution in [0.1, 0.15) is 37.8 Å². The van der Waals surface area contributed by atoms with Gasteiger partial charge in [0.2, 0.25) is 0 Å². The fraction of sp³-hybridized carbons (Fsp3) is 0.538. The second kappa shape index (κ2) is 5.71. The summed E-state index contributed by atoms with van der Waals surface area (Å²) in [7, 11) is 0. The third-order valence-electron chi connectivity index (χ3n) is 3.35. The van der Waals surface area contributed by atoms with E-state index in [1.54, 1.807) is 0 Å². The van der Waals surface area contributed by atoms with Gasteiger partial charge in [0.05, 0.1) is 0 Å². The van der Waals surface area contributed by atoms with Crippen LogP contribution in [0.4, 0.5) is 0 Å². The van der Waals surface area contributed by atoms with E-state index in [1.807, 2.05) is 11.8 Å². The van der Waals surface area contributed by atoms with Crippen molar-refractivity contribution in [3.8, 4) is 0 Å². The van der Waals surface area contributed by atoms with Crippen LogP contribution < -0.4 is 11.3 Å². The molecule has 2 rings (SSSR count). The fourth-order valence-electron chi connectivity index (χ4n) is 2.22. The van der Waals surface area contributed by atoms with Crippen LogP contribution in [0.15, 0.2) is 29.2 Å². The van der Waals surface area contributed by atoms with Crippen molar-refractivity contribution >= 4 is 11.8 Å². The minimum atomic E-state index is 0.342. The molecule has 3 heteroatoms. The van der Waals surface area contributed by atoms with Crippen LogP contribution >= 0.6 is 11.8 Å². The van der Waals surface area contributed by atoms with Crippen LogP contribution in [0.25, 0.3) is 0 Å². The molecule has 0 heterocycles. The molecule has 1 aromatic carbocycles. The van der Waals surface area contributed by atoms with Crippen molar-refractivity contribution in [3.63, 3.8) is 0 Å². The van der Waals surface area contributed by atoms with Gasteiger partial charge in [-0.25, -0.2) is 0 Å². The summed E-state index contributed by atoms with van der Waals surface area (Å²) in [5.74, 6) is 7.51. The van der Waals surface area contributed by atoms with Gasteiger partial charge in [0.1, 0.15) is 0 Å². The molecule has 0 spiro atoms. The zero-order valence-electron chi connectivity index (χ0n) is 9.78. The Morgan fingerprint density at radius 3 is 2.50 bits per heavy atom. The monoisotopic (exact) mass is 236 g/mol. The first-order chi connectivity index (χ1) is 7.85. The normalized spacial score (nSPS) is 18.1. The lowest BCUT2D eigenvalue weighted by atomic mass is 9.77. The molecule has 1 fully saturated rings. The molecule has 16 heavy (non-hydrogen) atoms. The van der Waals surface area contributed by atoms with Crippen LogP contribution in [0.3, 0.4) is 0 Å². The number of nitrogens with one attached hydrogen (secondary N) is 1. The predicted molar refractivity (Wildman–Crippen MR) is 70.2 cm³/mol. The van der Waals surface area contributed by atoms with Gasteiger partial charge in [-0.2, -0.15) is 0 Å². The molecule has 1 aliphatic rings. The molecule has 1 aliphatic carbocycles. The number of nitrogens with two attached hydrogens (primary N) is 1. The molecular weight excluding hydrogens is 216 g/mol. The number of benzene rings is 1. The van der Waals surface area contributed by atoms with Crippen LogP contribution in [0, 0.1) is 5.92 Å². The van der Waals surface area contributed by atoms with Gasteiger partial charge >= 0.3 is 0 Å². The maximum atomic E-state index is 5.66. The molecule has 0 radical (unpaired) electrons. The number of thioether (sulfide) groups is 1. The van der Waals surface area contributed by atoms with Gasteiger partial charge in [0.15, 0.2) is 0 Å². The second-order valence-electron chi connectivity index (χ2n) is 4.34. The summed E-state index contributed by atoms with van der Waals surface area (Å²) in [5.41, 5.74) is 4.29. The van der Waals surface area contributed by atoms with Crippen LogP contribution in [-0.4, -0.2) is 5.75 Å². The molecule has 0 bridgehead atoms. The zero-order chi connectivity index (χ0) is 11.4. The summed E-state index contributed by atoms with van der Waals surface area (Å²) in [5, 5.41) is 0. The van der Waals surface area contributed by atoms with Crippen LogP contribution in [0.2, 0.25) is 0 Å². The summed E-state index contributed by atoms with van der Waals surface area (Å²) in [6.45, 7) is 2.18. The molecule has 1 saturated carbocycles. The van der Waals surface area contributed by atoms with Gasteiger partial charge in [-0.15, -0.1) is 11.8 Å². The van der Waals surface area contributed by atoms with E-state index in [0.717, 1.165) is 11.7 Å². The Balaban J connectivity index is 2.06. The quantitative estimate of drug-likeness (QED) is 0.469. The van der Waals surface area contributed by atoms with Gasteiger partial charge in [0, 0.05) is 10.9 Å². The first-order valence-electron chi connectivity index (χ1n) is 6.04. The molecule has 3 N–H and O–H groups in total. The minimum Gasteiger partial charge on any atom is -0.271 e. The van der Waals surface area contributed by atoms with Gasteiger partial charge < -0.3 is 0 Å². The van der Waals surface area contributed by atoms with Gasteiger partial charge in [-0.1, -0.05) is 25.5 Å². The SMILES string of the molecule is CCSc1ccc(C(NN)C2CCC2)cc1. The molecule has 88 valence electrons. The highest BCUT2D eigenvalue weighted by molar-refractivity contribution is 7.99. The second-order valence-corrected chi connectivity index (χ2v) is 5.67. The highest BCUT2D eigenvalue weighted by Gasteiger charge is 2.27. The first-order valence-corrected chi connectivity index (χ1v) is 7.02. The molecule has 0 amide bonds. The zero-order valence-corrected chi connectivity index (χ0v) is 10.6. The smallest absolute Gasteiger partial charge is 0.0488 e. The lowest BCUT2D eigenvalue weighted by Crippen LogP contribution is -2.36. The van der Waals surface area contributed by atoms with E-state index in [-0.39, 0.29) is 0 Å². The average molecular weight is 236 g/mol. The highest BCUT2D eigenvalue weighted by atomic mass is 32.2. The molecule has 2 nitrogen and oxygen atoms in total. The van der Waals surface area contributed by atoms with E-state index in [2.05, 4.69) is 36.6 Å². The lowest BCUT2D eigenvalue weighted by molar-refractivity contribution is 0.232. The fourth-order valence-corrected chi connectivity index (χ4v) is 2.88. The summed E-state index contributed by atoms with van der Waals surface area (Å²) in [4.78, 5) is 1.34. The van der Waals surface area contributed by atoms with Crippen molar-refractivity contribution in [2.24, 2.45) is 11.8 Å². The van der Waals surface area contributed by atoms with Crippen molar-refractivity contribution in [2.45, 2.75) is 37.1 Å². The summed E-state index contributed by atoms with van der Waals surface area (Å²) in [6, 6.07) is 9.16. The van der Waals surface area contributed by atoms with Crippen LogP contribution in [-0.2, 0) is 0 Å². The maximum absolute atomic E-state index is 5.66. The Labute approximate surface area is 102 Å². The minimum absolute atomic E-state index is 0.342. The Hall–Kier alpha value is -0.510. The molecule has 1 atom stereocenters. The van der Waals surface area contributed by atoms with Gasteiger partial charge in [-0.3, -0.25) is 11.3 Å². The standard InChI is InChI=1S/C13H20N2S/c1-2-16-12-8-6-11(7-9-12)13(15-14)10-4-3-5-10/h6-10,13,15H,2-5,14H2,1H3. The number of rotatable bonds is 5. The Morgan fingerprint density at radius 2 is 2.06 bits per heavy atom. The van der Waals surface area contributed by atoms with Crippen molar-refractivity contribution in [1.82, 2.24) is 5.43 Å². The van der Waals surface area contributed by atoms with Crippen LogP contribution in [0.5, 0.6) is 0 Å². The maximum Gasteiger partial charge on any atom is 0.0488 e. The predicted octanol–water partition coefficient (Wildman–Crippen LogP) is 3.10. The summed E-state index contributed by atoms with van der Waals surface area (Å²) in [6.07, 6.45) is 3.97. The van der Waals surface area contributed by atoms with E-state index in [0.29, 0.717) is 6.04 Å². The third kappa shape index (κ3) is 2.59. The van der Waals surface area contributed by atoms with Gasteiger partial charge in [0.25, 0.3) is 0 Å². The summed E-state index contributed by atoms with van der Waals surface area (Å²) < 4.78 is 0. The molecule has 0 aromatic heterocycles. The van der Waals surface area contributed by atoms with Crippen molar-refractivity contribution in [3.05, 3.63) is 29.8 Å². The Bertz CT molecular complexity index is 319. The van der Waals surface area contributed by atoms with E-state index < -0.39 is 0 Å². The van der Waals surface area contributed by atoms with Gasteiger partial charge in [-0.05, 0) is 42.2 Å². The summed E-state index contributed by atoms with van der Waals surface area (Å²) >= 11 is 1.88. The third-order valence-corrected chi connectivity index (χ3v) is 4.25. The molecule has 1 unspecified atom stereocenters. The number of hydrogen-bond acceptors (Lipinski definition) is 3. The van der Waals surface area contributed by atoms with E-state index >= 15 is 0 Å². The lowest BCUT2D eigenvalue weighted by Gasteiger charge is -2.33. The first kappa shape index (κ1) is 12.0. The average Bonchev–Trinajstić information content (AvgIpc) is 2.25. The molecular formula is C13H20N2S. The van der Waals surface area contributed by atoms with E-state index in [4.69, 9.17) is 5.84 Å². The molecule has 1 aromatic rings. The van der Waals surface area contributed by atoms with Crippen molar-refractivity contribution in [1.29, 1.82) is 0 Å². The van der Waals surface area contributed by atoms with E-state index in [9.17, 15) is 0 Å². The number of hydrogen-bond donors (Lipinski definition) is 2.